The first-order chi connectivity index (χ1) is 13.5. The third kappa shape index (κ3) is 3.34. The van der Waals surface area contributed by atoms with E-state index in [1.54, 1.807) is 0 Å². The number of aromatic nitrogens is 2. The maximum Gasteiger partial charge on any atom is 0.160 e. The van der Waals surface area contributed by atoms with Crippen LogP contribution in [0.15, 0.2) is 72.8 Å². The van der Waals surface area contributed by atoms with Gasteiger partial charge in [-0.15, -0.1) is 0 Å². The van der Waals surface area contributed by atoms with Crippen LogP contribution in [0.25, 0.3) is 33.9 Å². The molecule has 2 nitrogen and oxygen atoms in total. The lowest BCUT2D eigenvalue weighted by Gasteiger charge is -2.16. The minimum absolute atomic E-state index is 0.759. The summed E-state index contributed by atoms with van der Waals surface area (Å²) < 4.78 is 0. The molecular formula is C26H24N2. The molecular weight excluding hydrogens is 340 g/mol. The summed E-state index contributed by atoms with van der Waals surface area (Å²) in [7, 11) is 0. The number of nitrogens with zero attached hydrogens (tertiary/aromatic N) is 2. The van der Waals surface area contributed by atoms with Crippen LogP contribution in [-0.2, 0) is 0 Å². The Bertz CT molecular complexity index is 1050. The van der Waals surface area contributed by atoms with Gasteiger partial charge in [-0.2, -0.15) is 0 Å². The first-order valence-electron chi connectivity index (χ1n) is 9.62. The molecule has 0 atom stereocenters. The fourth-order valence-electron chi connectivity index (χ4n) is 3.65. The lowest BCUT2D eigenvalue weighted by atomic mass is 9.91. The smallest absolute Gasteiger partial charge is 0.160 e. The molecule has 0 saturated carbocycles. The van der Waals surface area contributed by atoms with Crippen molar-refractivity contribution in [3.8, 4) is 33.9 Å². The average molecular weight is 364 g/mol. The highest BCUT2D eigenvalue weighted by atomic mass is 14.9. The average Bonchev–Trinajstić information content (AvgIpc) is 2.74. The van der Waals surface area contributed by atoms with Gasteiger partial charge in [0.25, 0.3) is 0 Å². The van der Waals surface area contributed by atoms with E-state index in [0.29, 0.717) is 0 Å². The Kier molecular flexibility index (Phi) is 4.79. The summed E-state index contributed by atoms with van der Waals surface area (Å²) in [6.07, 6.45) is 0. The zero-order valence-corrected chi connectivity index (χ0v) is 16.8. The van der Waals surface area contributed by atoms with E-state index < -0.39 is 0 Å². The van der Waals surface area contributed by atoms with Gasteiger partial charge in [0.2, 0.25) is 0 Å². The van der Waals surface area contributed by atoms with Crippen LogP contribution < -0.4 is 0 Å². The molecule has 138 valence electrons. The maximum atomic E-state index is 4.99. The highest BCUT2D eigenvalue weighted by molar-refractivity contribution is 5.76. The largest absolute Gasteiger partial charge is 0.228 e. The van der Waals surface area contributed by atoms with Crippen molar-refractivity contribution in [2.24, 2.45) is 0 Å². The highest BCUT2D eigenvalue weighted by Gasteiger charge is 2.15. The van der Waals surface area contributed by atoms with Gasteiger partial charge in [-0.3, -0.25) is 0 Å². The van der Waals surface area contributed by atoms with E-state index >= 15 is 0 Å². The Morgan fingerprint density at radius 2 is 1.04 bits per heavy atom. The van der Waals surface area contributed by atoms with E-state index in [-0.39, 0.29) is 0 Å². The van der Waals surface area contributed by atoms with Gasteiger partial charge in [0, 0.05) is 16.7 Å². The third-order valence-corrected chi connectivity index (χ3v) is 5.45. The van der Waals surface area contributed by atoms with Crippen molar-refractivity contribution < 1.29 is 0 Å². The summed E-state index contributed by atoms with van der Waals surface area (Å²) in [5.74, 6) is 0.759. The second-order valence-corrected chi connectivity index (χ2v) is 7.33. The van der Waals surface area contributed by atoms with Crippen molar-refractivity contribution in [3.05, 3.63) is 95.1 Å². The molecule has 0 spiro atoms. The topological polar surface area (TPSA) is 25.8 Å². The standard InChI is InChI=1S/C26H24N2/c1-17-15-18(2)20(4)25(19(17)3)24-16-23(21-11-7-5-8-12-21)27-26(28-24)22-13-9-6-10-14-22/h5-16H,1-4H3. The van der Waals surface area contributed by atoms with Crippen molar-refractivity contribution in [2.75, 3.05) is 0 Å². The molecule has 4 rings (SSSR count). The monoisotopic (exact) mass is 364 g/mol. The number of hydrogen-bond acceptors (Lipinski definition) is 2. The van der Waals surface area contributed by atoms with E-state index in [4.69, 9.17) is 9.97 Å². The van der Waals surface area contributed by atoms with Crippen LogP contribution in [0, 0.1) is 27.7 Å². The van der Waals surface area contributed by atoms with Crippen LogP contribution >= 0.6 is 0 Å². The van der Waals surface area contributed by atoms with Crippen LogP contribution in [0.2, 0.25) is 0 Å². The Labute approximate surface area is 167 Å². The van der Waals surface area contributed by atoms with Gasteiger partial charge in [0.1, 0.15) is 0 Å². The van der Waals surface area contributed by atoms with E-state index in [0.717, 1.165) is 28.3 Å². The fraction of sp³-hybridized carbons (Fsp3) is 0.154. The lowest BCUT2D eigenvalue weighted by molar-refractivity contribution is 1.16. The minimum atomic E-state index is 0.759. The molecule has 1 heterocycles. The van der Waals surface area contributed by atoms with E-state index in [2.05, 4.69) is 64.1 Å². The molecule has 0 fully saturated rings. The molecule has 3 aromatic carbocycles. The van der Waals surface area contributed by atoms with E-state index in [1.807, 2.05) is 36.4 Å². The summed E-state index contributed by atoms with van der Waals surface area (Å²) in [6.45, 7) is 8.71. The maximum absolute atomic E-state index is 4.99. The van der Waals surface area contributed by atoms with Crippen molar-refractivity contribution in [1.82, 2.24) is 9.97 Å². The van der Waals surface area contributed by atoms with Crippen LogP contribution in [0.3, 0.4) is 0 Å². The molecule has 4 aromatic rings. The van der Waals surface area contributed by atoms with Gasteiger partial charge in [-0.1, -0.05) is 66.7 Å². The van der Waals surface area contributed by atoms with Gasteiger partial charge in [-0.25, -0.2) is 9.97 Å². The Morgan fingerprint density at radius 1 is 0.536 bits per heavy atom. The van der Waals surface area contributed by atoms with Crippen LogP contribution in [0.1, 0.15) is 22.3 Å². The predicted molar refractivity (Wildman–Crippen MR) is 117 cm³/mol. The van der Waals surface area contributed by atoms with Crippen molar-refractivity contribution in [2.45, 2.75) is 27.7 Å². The van der Waals surface area contributed by atoms with E-state index in [1.165, 1.54) is 27.8 Å². The molecule has 0 bridgehead atoms. The summed E-state index contributed by atoms with van der Waals surface area (Å²) in [5, 5.41) is 0. The Hall–Kier alpha value is -3.26. The van der Waals surface area contributed by atoms with Crippen molar-refractivity contribution in [3.63, 3.8) is 0 Å². The molecule has 0 saturated heterocycles. The van der Waals surface area contributed by atoms with Gasteiger partial charge >= 0.3 is 0 Å². The van der Waals surface area contributed by atoms with E-state index in [9.17, 15) is 0 Å². The van der Waals surface area contributed by atoms with Gasteiger partial charge < -0.3 is 0 Å². The molecule has 0 aliphatic heterocycles. The van der Waals surface area contributed by atoms with Crippen LogP contribution in [0.4, 0.5) is 0 Å². The normalized spacial score (nSPS) is 10.9. The number of benzene rings is 3. The summed E-state index contributed by atoms with van der Waals surface area (Å²) in [4.78, 5) is 9.88. The molecule has 0 radical (unpaired) electrons. The van der Waals surface area contributed by atoms with Crippen molar-refractivity contribution in [1.29, 1.82) is 0 Å². The fourth-order valence-corrected chi connectivity index (χ4v) is 3.65. The minimum Gasteiger partial charge on any atom is -0.228 e. The quantitative estimate of drug-likeness (QED) is 0.404. The molecule has 0 amide bonds. The van der Waals surface area contributed by atoms with Crippen LogP contribution in [-0.4, -0.2) is 9.97 Å². The zero-order valence-electron chi connectivity index (χ0n) is 16.8. The van der Waals surface area contributed by atoms with Gasteiger partial charge in [0.15, 0.2) is 5.82 Å². The summed E-state index contributed by atoms with van der Waals surface area (Å²) in [6, 6.07) is 24.9. The third-order valence-electron chi connectivity index (χ3n) is 5.45. The Morgan fingerprint density at radius 3 is 1.61 bits per heavy atom. The second kappa shape index (κ2) is 7.40. The molecule has 0 unspecified atom stereocenters. The molecule has 0 N–H and O–H groups in total. The van der Waals surface area contributed by atoms with Crippen LogP contribution in [0.5, 0.6) is 0 Å². The highest BCUT2D eigenvalue weighted by Crippen LogP contribution is 2.33. The summed E-state index contributed by atoms with van der Waals surface area (Å²) >= 11 is 0. The molecule has 2 heteroatoms. The van der Waals surface area contributed by atoms with Crippen molar-refractivity contribution >= 4 is 0 Å². The molecule has 0 aliphatic carbocycles. The SMILES string of the molecule is Cc1cc(C)c(C)c(-c2cc(-c3ccccc3)nc(-c3ccccc3)n2)c1C. The lowest BCUT2D eigenvalue weighted by Crippen LogP contribution is -2.00. The second-order valence-electron chi connectivity index (χ2n) is 7.33. The predicted octanol–water partition coefficient (Wildman–Crippen LogP) is 6.71. The molecule has 0 aliphatic rings. The van der Waals surface area contributed by atoms with Gasteiger partial charge in [-0.05, 0) is 56.0 Å². The number of hydrogen-bond donors (Lipinski definition) is 0. The zero-order chi connectivity index (χ0) is 19.7. The first-order valence-corrected chi connectivity index (χ1v) is 9.62. The molecule has 28 heavy (non-hydrogen) atoms. The first kappa shape index (κ1) is 18.1. The van der Waals surface area contributed by atoms with Gasteiger partial charge in [0.05, 0.1) is 11.4 Å². The summed E-state index contributed by atoms with van der Waals surface area (Å²) in [5.41, 5.74) is 10.4. The number of aryl methyl sites for hydroxylation is 2. The number of rotatable bonds is 3. The molecule has 1 aromatic heterocycles. The Balaban J connectivity index is 2.01.